The molecule has 2 rings (SSSR count). The molecule has 0 radical (unpaired) electrons. The Labute approximate surface area is 129 Å². The van der Waals surface area contributed by atoms with Gasteiger partial charge >= 0.3 is 5.97 Å². The number of aromatic carboxylic acids is 1. The van der Waals surface area contributed by atoms with Gasteiger partial charge in [0.15, 0.2) is 0 Å². The molecule has 0 heterocycles. The summed E-state index contributed by atoms with van der Waals surface area (Å²) in [5.41, 5.74) is 0.0517. The van der Waals surface area contributed by atoms with E-state index in [0.29, 0.717) is 0 Å². The molecule has 2 N–H and O–H groups in total. The molecule has 4 nitrogen and oxygen atoms in total. The first-order chi connectivity index (χ1) is 9.88. The molecule has 0 atom stereocenters. The number of carboxylic acids is 1. The zero-order valence-corrected chi connectivity index (χ0v) is 11.9. The number of carbonyl (C=O) groups is 2. The summed E-state index contributed by atoms with van der Waals surface area (Å²) in [6.07, 6.45) is 0. The smallest absolute Gasteiger partial charge is 0.335 e. The van der Waals surface area contributed by atoms with Crippen LogP contribution < -0.4 is 5.32 Å². The van der Waals surface area contributed by atoms with Crippen molar-refractivity contribution in [1.82, 2.24) is 0 Å². The number of benzene rings is 2. The van der Waals surface area contributed by atoms with Gasteiger partial charge in [0.1, 0.15) is 5.82 Å². The quantitative estimate of drug-likeness (QED) is 0.892. The average molecular weight is 328 g/mol. The summed E-state index contributed by atoms with van der Waals surface area (Å²) < 4.78 is 13.1. The Kier molecular flexibility index (Phi) is 4.45. The lowest BCUT2D eigenvalue weighted by atomic mass is 10.1. The lowest BCUT2D eigenvalue weighted by Gasteiger charge is -2.10. The predicted molar refractivity (Wildman–Crippen MR) is 77.8 cm³/mol. The number of amides is 1. The molecule has 2 aromatic rings. The number of carbonyl (C=O) groups excluding carboxylic acids is 1. The Morgan fingerprint density at radius 1 is 1.05 bits per heavy atom. The van der Waals surface area contributed by atoms with Gasteiger partial charge in [-0.3, -0.25) is 4.79 Å². The van der Waals surface area contributed by atoms with Gasteiger partial charge in [0, 0.05) is 5.56 Å². The van der Waals surface area contributed by atoms with Crippen molar-refractivity contribution in [1.29, 1.82) is 0 Å². The zero-order chi connectivity index (χ0) is 15.6. The monoisotopic (exact) mass is 327 g/mol. The van der Waals surface area contributed by atoms with E-state index in [9.17, 15) is 14.0 Å². The third-order valence-electron chi connectivity index (χ3n) is 2.61. The van der Waals surface area contributed by atoms with E-state index in [4.69, 9.17) is 28.3 Å². The fourth-order valence-corrected chi connectivity index (χ4v) is 2.21. The van der Waals surface area contributed by atoms with Crippen molar-refractivity contribution in [3.63, 3.8) is 0 Å². The van der Waals surface area contributed by atoms with Crippen LogP contribution in [0.1, 0.15) is 20.7 Å². The Morgan fingerprint density at radius 3 is 2.19 bits per heavy atom. The van der Waals surface area contributed by atoms with Gasteiger partial charge in [0.2, 0.25) is 0 Å². The molecule has 0 aliphatic carbocycles. The molecule has 7 heteroatoms. The number of rotatable bonds is 3. The van der Waals surface area contributed by atoms with Crippen LogP contribution in [-0.2, 0) is 0 Å². The van der Waals surface area contributed by atoms with Crippen molar-refractivity contribution in [2.24, 2.45) is 0 Å². The van der Waals surface area contributed by atoms with Crippen LogP contribution in [0.3, 0.4) is 0 Å². The predicted octanol–water partition coefficient (Wildman–Crippen LogP) is 4.08. The highest BCUT2D eigenvalue weighted by Crippen LogP contribution is 2.32. The number of carboxylic acid groups (broad SMARTS) is 1. The molecule has 2 aromatic carbocycles. The first-order valence-corrected chi connectivity index (χ1v) is 6.43. The molecule has 0 saturated heterocycles. The minimum atomic E-state index is -1.19. The second-order valence-electron chi connectivity index (χ2n) is 4.08. The highest BCUT2D eigenvalue weighted by molar-refractivity contribution is 6.40. The van der Waals surface area contributed by atoms with Crippen LogP contribution in [0.15, 0.2) is 36.4 Å². The molecule has 21 heavy (non-hydrogen) atoms. The van der Waals surface area contributed by atoms with E-state index in [0.717, 1.165) is 18.2 Å². The summed E-state index contributed by atoms with van der Waals surface area (Å²) in [6, 6.07) is 7.40. The van der Waals surface area contributed by atoms with Gasteiger partial charge in [-0.2, -0.15) is 0 Å². The second-order valence-corrected chi connectivity index (χ2v) is 4.90. The van der Waals surface area contributed by atoms with Gasteiger partial charge in [0.25, 0.3) is 5.91 Å². The third kappa shape index (κ3) is 3.51. The molecular weight excluding hydrogens is 320 g/mol. The van der Waals surface area contributed by atoms with Gasteiger partial charge in [0.05, 0.1) is 21.3 Å². The Morgan fingerprint density at radius 2 is 1.67 bits per heavy atom. The number of nitrogens with one attached hydrogen (secondary N) is 1. The van der Waals surface area contributed by atoms with Gasteiger partial charge in [-0.1, -0.05) is 29.3 Å². The summed E-state index contributed by atoms with van der Waals surface area (Å²) in [6.45, 7) is 0. The van der Waals surface area contributed by atoms with Crippen LogP contribution in [0.2, 0.25) is 10.0 Å². The molecule has 0 aliphatic rings. The van der Waals surface area contributed by atoms with E-state index in [1.165, 1.54) is 18.2 Å². The maximum absolute atomic E-state index is 13.1. The van der Waals surface area contributed by atoms with Crippen molar-refractivity contribution in [3.05, 3.63) is 63.4 Å². The minimum absolute atomic E-state index is 0.0235. The van der Waals surface area contributed by atoms with Crippen LogP contribution in [0.4, 0.5) is 10.1 Å². The van der Waals surface area contributed by atoms with Crippen molar-refractivity contribution in [2.45, 2.75) is 0 Å². The standard InChI is InChI=1S/C14H8Cl2FNO3/c15-10-5-8(14(20)21)6-11(16)12(10)18-13(19)7-2-1-3-9(17)4-7/h1-6H,(H,18,19)(H,20,21). The maximum atomic E-state index is 13.1. The summed E-state index contributed by atoms with van der Waals surface area (Å²) in [5, 5.41) is 11.2. The lowest BCUT2D eigenvalue weighted by Crippen LogP contribution is -2.13. The van der Waals surface area contributed by atoms with E-state index in [1.54, 1.807) is 0 Å². The van der Waals surface area contributed by atoms with Crippen LogP contribution in [-0.4, -0.2) is 17.0 Å². The molecule has 1 amide bonds. The van der Waals surface area contributed by atoms with Crippen LogP contribution in [0.5, 0.6) is 0 Å². The SMILES string of the molecule is O=C(O)c1cc(Cl)c(NC(=O)c2cccc(F)c2)c(Cl)c1. The van der Waals surface area contributed by atoms with Gasteiger partial charge in [-0.15, -0.1) is 0 Å². The van der Waals surface area contributed by atoms with E-state index >= 15 is 0 Å². The Hall–Kier alpha value is -2.11. The van der Waals surface area contributed by atoms with E-state index in [-0.39, 0.29) is 26.9 Å². The van der Waals surface area contributed by atoms with Gasteiger partial charge in [-0.25, -0.2) is 9.18 Å². The molecule has 0 fully saturated rings. The van der Waals surface area contributed by atoms with E-state index in [1.807, 2.05) is 0 Å². The fraction of sp³-hybridized carbons (Fsp3) is 0. The molecule has 108 valence electrons. The first-order valence-electron chi connectivity index (χ1n) is 5.67. The average Bonchev–Trinajstić information content (AvgIpc) is 2.42. The molecule has 0 unspecified atom stereocenters. The Balaban J connectivity index is 2.32. The number of halogens is 3. The zero-order valence-electron chi connectivity index (χ0n) is 10.4. The van der Waals surface area contributed by atoms with Crippen molar-refractivity contribution < 1.29 is 19.1 Å². The van der Waals surface area contributed by atoms with Crippen LogP contribution >= 0.6 is 23.2 Å². The fourth-order valence-electron chi connectivity index (χ4n) is 1.63. The number of hydrogen-bond acceptors (Lipinski definition) is 2. The van der Waals surface area contributed by atoms with Crippen molar-refractivity contribution in [3.8, 4) is 0 Å². The second kappa shape index (κ2) is 6.11. The molecule has 0 aliphatic heterocycles. The van der Waals surface area contributed by atoms with E-state index in [2.05, 4.69) is 5.32 Å². The topological polar surface area (TPSA) is 66.4 Å². The van der Waals surface area contributed by atoms with E-state index < -0.39 is 17.7 Å². The van der Waals surface area contributed by atoms with Crippen molar-refractivity contribution >= 4 is 40.8 Å². The minimum Gasteiger partial charge on any atom is -0.478 e. The van der Waals surface area contributed by atoms with Gasteiger partial charge in [-0.05, 0) is 30.3 Å². The maximum Gasteiger partial charge on any atom is 0.335 e. The van der Waals surface area contributed by atoms with Crippen molar-refractivity contribution in [2.75, 3.05) is 5.32 Å². The Bertz CT molecular complexity index is 711. The first kappa shape index (κ1) is 15.3. The normalized spacial score (nSPS) is 10.2. The summed E-state index contributed by atoms with van der Waals surface area (Å²) >= 11 is 11.8. The highest BCUT2D eigenvalue weighted by atomic mass is 35.5. The molecule has 0 aromatic heterocycles. The van der Waals surface area contributed by atoms with Gasteiger partial charge < -0.3 is 10.4 Å². The highest BCUT2D eigenvalue weighted by Gasteiger charge is 2.15. The molecular formula is C14H8Cl2FNO3. The lowest BCUT2D eigenvalue weighted by molar-refractivity contribution is 0.0696. The third-order valence-corrected chi connectivity index (χ3v) is 3.21. The number of anilines is 1. The van der Waals surface area contributed by atoms with Crippen LogP contribution in [0, 0.1) is 5.82 Å². The molecule has 0 spiro atoms. The molecule has 0 bridgehead atoms. The summed E-state index contributed by atoms with van der Waals surface area (Å²) in [7, 11) is 0. The van der Waals surface area contributed by atoms with Crippen LogP contribution in [0.25, 0.3) is 0 Å². The largest absolute Gasteiger partial charge is 0.478 e. The summed E-state index contributed by atoms with van der Waals surface area (Å²) in [5.74, 6) is -2.36. The summed E-state index contributed by atoms with van der Waals surface area (Å²) in [4.78, 5) is 22.8. The molecule has 0 saturated carbocycles. The number of hydrogen-bond donors (Lipinski definition) is 2.